The molecule has 0 aliphatic rings. The molecule has 0 spiro atoms. The molecule has 0 saturated carbocycles. The summed E-state index contributed by atoms with van der Waals surface area (Å²) < 4.78 is 5.62. The molecule has 2 heteroatoms. The molecule has 0 atom stereocenters. The van der Waals surface area contributed by atoms with Gasteiger partial charge in [0.15, 0.2) is 0 Å². The maximum absolute atomic E-state index is 8.81. The lowest BCUT2D eigenvalue weighted by molar-refractivity contribution is 0.315. The molecule has 0 aromatic heterocycles. The first-order chi connectivity index (χ1) is 7.19. The van der Waals surface area contributed by atoms with Crippen LogP contribution in [-0.2, 0) is 0 Å². The van der Waals surface area contributed by atoms with Crippen molar-refractivity contribution in [3.8, 4) is 11.8 Å². The summed E-state index contributed by atoms with van der Waals surface area (Å²) in [4.78, 5) is 0. The lowest BCUT2D eigenvalue weighted by atomic mass is 10.00. The van der Waals surface area contributed by atoms with Gasteiger partial charge in [-0.15, -0.1) is 0 Å². The molecule has 1 aromatic carbocycles. The first-order valence-corrected chi connectivity index (χ1v) is 5.16. The highest BCUT2D eigenvalue weighted by Crippen LogP contribution is 2.26. The molecule has 15 heavy (non-hydrogen) atoms. The summed E-state index contributed by atoms with van der Waals surface area (Å²) in [6.07, 6.45) is 0.988. The quantitative estimate of drug-likeness (QED) is 0.750. The van der Waals surface area contributed by atoms with Gasteiger partial charge in [0.05, 0.1) is 18.2 Å². The van der Waals surface area contributed by atoms with Crippen LogP contribution in [0.2, 0.25) is 0 Å². The molecule has 0 fully saturated rings. The number of benzene rings is 1. The van der Waals surface area contributed by atoms with Gasteiger partial charge in [0.25, 0.3) is 0 Å². The molecular formula is C13H16NO. The van der Waals surface area contributed by atoms with Crippen LogP contribution in [0.3, 0.4) is 0 Å². The predicted octanol–water partition coefficient (Wildman–Crippen LogP) is 3.31. The largest absolute Gasteiger partial charge is 0.493 e. The third-order valence-corrected chi connectivity index (χ3v) is 2.11. The molecule has 0 unspecified atom stereocenters. The van der Waals surface area contributed by atoms with Gasteiger partial charge in [-0.05, 0) is 24.6 Å². The Bertz CT molecular complexity index is 363. The highest BCUT2D eigenvalue weighted by molar-refractivity contribution is 5.47. The maximum Gasteiger partial charge on any atom is 0.123 e. The Kier molecular flexibility index (Phi) is 4.17. The van der Waals surface area contributed by atoms with Crippen LogP contribution in [0, 0.1) is 17.2 Å². The van der Waals surface area contributed by atoms with E-state index in [0.29, 0.717) is 12.2 Å². The molecular weight excluding hydrogens is 186 g/mol. The smallest absolute Gasteiger partial charge is 0.123 e. The van der Waals surface area contributed by atoms with Crippen molar-refractivity contribution < 1.29 is 4.74 Å². The molecule has 0 aliphatic carbocycles. The highest BCUT2D eigenvalue weighted by Gasteiger charge is 2.09. The molecule has 1 radical (unpaired) electrons. The topological polar surface area (TPSA) is 33.0 Å². The van der Waals surface area contributed by atoms with Crippen LogP contribution in [0.1, 0.15) is 38.3 Å². The number of hydrogen-bond donors (Lipinski definition) is 0. The van der Waals surface area contributed by atoms with Crippen molar-refractivity contribution in [1.29, 1.82) is 5.26 Å². The third kappa shape index (κ3) is 2.99. The fourth-order valence-electron chi connectivity index (χ4n) is 1.33. The zero-order valence-electron chi connectivity index (χ0n) is 9.50. The Morgan fingerprint density at radius 2 is 2.13 bits per heavy atom. The van der Waals surface area contributed by atoms with E-state index < -0.39 is 0 Å². The monoisotopic (exact) mass is 202 g/mol. The minimum Gasteiger partial charge on any atom is -0.493 e. The van der Waals surface area contributed by atoms with Crippen LogP contribution < -0.4 is 4.74 Å². The summed E-state index contributed by atoms with van der Waals surface area (Å²) in [5, 5.41) is 8.81. The Labute approximate surface area is 91.5 Å². The van der Waals surface area contributed by atoms with E-state index in [-0.39, 0.29) is 0 Å². The predicted molar refractivity (Wildman–Crippen MR) is 60.6 cm³/mol. The van der Waals surface area contributed by atoms with Crippen LogP contribution in [-0.4, -0.2) is 6.61 Å². The Morgan fingerprint density at radius 3 is 2.67 bits per heavy atom. The van der Waals surface area contributed by atoms with Crippen LogP contribution in [0.5, 0.6) is 5.75 Å². The van der Waals surface area contributed by atoms with Crippen molar-refractivity contribution in [3.63, 3.8) is 0 Å². The number of hydrogen-bond acceptors (Lipinski definition) is 2. The standard InChI is InChI=1S/C13H16NO/c1-4-7-15-13-6-5-11(9-14)8-12(13)10(2)3/h5-6,8H,4,7H2,1-3H3. The van der Waals surface area contributed by atoms with Crippen molar-refractivity contribution in [3.05, 3.63) is 35.2 Å². The van der Waals surface area contributed by atoms with Crippen LogP contribution in [0.25, 0.3) is 0 Å². The van der Waals surface area contributed by atoms with E-state index in [2.05, 4.69) is 13.0 Å². The average Bonchev–Trinajstić information content (AvgIpc) is 2.26. The fraction of sp³-hybridized carbons (Fsp3) is 0.385. The summed E-state index contributed by atoms with van der Waals surface area (Å²) in [5.41, 5.74) is 1.71. The number of nitriles is 1. The lowest BCUT2D eigenvalue weighted by Crippen LogP contribution is -2.00. The lowest BCUT2D eigenvalue weighted by Gasteiger charge is -2.13. The SMILES string of the molecule is CCCOc1ccc(C#N)cc1[C](C)C. The zero-order valence-corrected chi connectivity index (χ0v) is 9.50. The molecule has 0 N–H and O–H groups in total. The second kappa shape index (κ2) is 5.41. The van der Waals surface area contributed by atoms with E-state index in [1.54, 1.807) is 6.07 Å². The zero-order chi connectivity index (χ0) is 11.3. The van der Waals surface area contributed by atoms with Crippen LogP contribution >= 0.6 is 0 Å². The summed E-state index contributed by atoms with van der Waals surface area (Å²) in [5.74, 6) is 2.04. The van der Waals surface area contributed by atoms with E-state index in [1.807, 2.05) is 26.0 Å². The highest BCUT2D eigenvalue weighted by atomic mass is 16.5. The maximum atomic E-state index is 8.81. The molecule has 0 bridgehead atoms. The van der Waals surface area contributed by atoms with Gasteiger partial charge in [-0.3, -0.25) is 0 Å². The first kappa shape index (κ1) is 11.6. The van der Waals surface area contributed by atoms with Crippen LogP contribution in [0.15, 0.2) is 18.2 Å². The van der Waals surface area contributed by atoms with Crippen molar-refractivity contribution in [2.24, 2.45) is 0 Å². The van der Waals surface area contributed by atoms with Gasteiger partial charge in [-0.2, -0.15) is 5.26 Å². The molecule has 1 rings (SSSR count). The van der Waals surface area contributed by atoms with Gasteiger partial charge in [0.1, 0.15) is 5.75 Å². The van der Waals surface area contributed by atoms with Gasteiger partial charge < -0.3 is 4.74 Å². The average molecular weight is 202 g/mol. The first-order valence-electron chi connectivity index (χ1n) is 5.16. The molecule has 0 aliphatic heterocycles. The molecule has 2 nitrogen and oxygen atoms in total. The normalized spacial score (nSPS) is 10.1. The second-order valence-electron chi connectivity index (χ2n) is 3.67. The Balaban J connectivity index is 3.00. The molecule has 0 heterocycles. The second-order valence-corrected chi connectivity index (χ2v) is 3.67. The van der Waals surface area contributed by atoms with Gasteiger partial charge in [-0.1, -0.05) is 20.8 Å². The number of nitrogens with zero attached hydrogens (tertiary/aromatic N) is 1. The Hall–Kier alpha value is -1.49. The number of rotatable bonds is 4. The van der Waals surface area contributed by atoms with E-state index in [4.69, 9.17) is 10.00 Å². The van der Waals surface area contributed by atoms with Crippen LogP contribution in [0.4, 0.5) is 0 Å². The van der Waals surface area contributed by atoms with Gasteiger partial charge in [0.2, 0.25) is 0 Å². The molecule has 0 amide bonds. The molecule has 79 valence electrons. The van der Waals surface area contributed by atoms with Gasteiger partial charge in [0, 0.05) is 11.5 Å². The minimum absolute atomic E-state index is 0.676. The number of ether oxygens (including phenoxy) is 1. The summed E-state index contributed by atoms with van der Waals surface area (Å²) >= 11 is 0. The fourth-order valence-corrected chi connectivity index (χ4v) is 1.33. The van der Waals surface area contributed by atoms with Crippen molar-refractivity contribution in [1.82, 2.24) is 0 Å². The van der Waals surface area contributed by atoms with Crippen molar-refractivity contribution >= 4 is 0 Å². The van der Waals surface area contributed by atoms with E-state index in [9.17, 15) is 0 Å². The third-order valence-electron chi connectivity index (χ3n) is 2.11. The molecule has 1 aromatic rings. The van der Waals surface area contributed by atoms with Crippen molar-refractivity contribution in [2.45, 2.75) is 27.2 Å². The van der Waals surface area contributed by atoms with E-state index in [1.165, 1.54) is 5.92 Å². The van der Waals surface area contributed by atoms with Gasteiger partial charge >= 0.3 is 0 Å². The minimum atomic E-state index is 0.676. The Morgan fingerprint density at radius 1 is 1.40 bits per heavy atom. The van der Waals surface area contributed by atoms with E-state index in [0.717, 1.165) is 17.7 Å². The van der Waals surface area contributed by atoms with E-state index >= 15 is 0 Å². The van der Waals surface area contributed by atoms with Gasteiger partial charge in [-0.25, -0.2) is 0 Å². The summed E-state index contributed by atoms with van der Waals surface area (Å²) in [6.45, 7) is 6.84. The summed E-state index contributed by atoms with van der Waals surface area (Å²) in [7, 11) is 0. The molecule has 0 saturated heterocycles. The summed E-state index contributed by atoms with van der Waals surface area (Å²) in [6, 6.07) is 7.67. The van der Waals surface area contributed by atoms with Crippen molar-refractivity contribution in [2.75, 3.05) is 6.61 Å².